The van der Waals surface area contributed by atoms with Gasteiger partial charge in [0.05, 0.1) is 17.3 Å². The topological polar surface area (TPSA) is 102 Å². The molecule has 3 rings (SSSR count). The molecule has 2 aromatic heterocycles. The first-order valence-corrected chi connectivity index (χ1v) is 9.98. The fourth-order valence-electron chi connectivity index (χ4n) is 2.80. The van der Waals surface area contributed by atoms with Crippen LogP contribution in [0.3, 0.4) is 0 Å². The minimum absolute atomic E-state index is 0. The lowest BCUT2D eigenvalue weighted by atomic mass is 10.1. The summed E-state index contributed by atoms with van der Waals surface area (Å²) in [5, 5.41) is 4.56. The molecule has 1 aromatic carbocycles. The lowest BCUT2D eigenvalue weighted by molar-refractivity contribution is 0.421. The van der Waals surface area contributed by atoms with Gasteiger partial charge >= 0.3 is 0 Å². The smallest absolute Gasteiger partial charge is 0.258 e. The number of hydrogen-bond acceptors (Lipinski definition) is 6. The van der Waals surface area contributed by atoms with Crippen LogP contribution < -0.4 is 5.73 Å². The summed E-state index contributed by atoms with van der Waals surface area (Å²) in [6, 6.07) is 11.3. The molecule has 0 spiro atoms. The van der Waals surface area contributed by atoms with Crippen LogP contribution in [0.1, 0.15) is 18.2 Å². The number of rotatable bonds is 8. The number of benzene rings is 1. The number of pyridine rings is 1. The fourth-order valence-corrected chi connectivity index (χ4v) is 4.23. The van der Waals surface area contributed by atoms with Gasteiger partial charge in [-0.1, -0.05) is 42.4 Å². The largest absolute Gasteiger partial charge is 0.336 e. The van der Waals surface area contributed by atoms with Crippen LogP contribution in [0, 0.1) is 0 Å². The van der Waals surface area contributed by atoms with Crippen LogP contribution in [0.25, 0.3) is 11.1 Å². The molecule has 0 aliphatic heterocycles. The van der Waals surface area contributed by atoms with Crippen molar-refractivity contribution in [3.63, 3.8) is 0 Å². The van der Waals surface area contributed by atoms with Crippen LogP contribution >= 0.6 is 12.4 Å². The molecule has 0 saturated carbocycles. The van der Waals surface area contributed by atoms with Crippen molar-refractivity contribution in [3.05, 3.63) is 53.9 Å². The molecule has 0 atom stereocenters. The predicted molar refractivity (Wildman–Crippen MR) is 106 cm³/mol. The number of aryl methyl sites for hydroxylation is 1. The molecule has 0 unspecified atom stereocenters. The van der Waals surface area contributed by atoms with Gasteiger partial charge in [0.25, 0.3) is 5.71 Å². The van der Waals surface area contributed by atoms with E-state index in [1.807, 2.05) is 37.3 Å². The van der Waals surface area contributed by atoms with Crippen molar-refractivity contribution in [1.82, 2.24) is 14.4 Å². The molecule has 146 valence electrons. The van der Waals surface area contributed by atoms with Crippen LogP contribution in [0.15, 0.2) is 52.0 Å². The molecule has 0 fully saturated rings. The molecule has 0 bridgehead atoms. The summed E-state index contributed by atoms with van der Waals surface area (Å²) in [5.74, 6) is 0. The molecule has 2 N–H and O–H groups in total. The van der Waals surface area contributed by atoms with Gasteiger partial charge in [0.2, 0.25) is 10.0 Å². The van der Waals surface area contributed by atoms with E-state index in [9.17, 15) is 8.42 Å². The maximum Gasteiger partial charge on any atom is 0.258 e. The third-order valence-electron chi connectivity index (χ3n) is 4.22. The normalized spacial score (nSPS) is 11.7. The molecule has 0 radical (unpaired) electrons. The average molecular weight is 411 g/mol. The van der Waals surface area contributed by atoms with E-state index >= 15 is 0 Å². The number of hydrogen-bond donors (Lipinski definition) is 1. The van der Waals surface area contributed by atoms with Gasteiger partial charge in [-0.25, -0.2) is 13.4 Å². The highest BCUT2D eigenvalue weighted by Crippen LogP contribution is 2.23. The summed E-state index contributed by atoms with van der Waals surface area (Å²) in [7, 11) is -3.71. The molecule has 0 saturated heterocycles. The first-order chi connectivity index (χ1) is 12.6. The van der Waals surface area contributed by atoms with E-state index in [2.05, 4.69) is 10.1 Å². The first kappa shape index (κ1) is 21.3. The molecule has 0 amide bonds. The summed E-state index contributed by atoms with van der Waals surface area (Å²) in [4.78, 5) is 4.24. The van der Waals surface area contributed by atoms with Crippen molar-refractivity contribution in [2.45, 2.75) is 24.7 Å². The van der Waals surface area contributed by atoms with Gasteiger partial charge in [-0.05, 0) is 24.5 Å². The Hall–Kier alpha value is -2.00. The molecule has 3 aromatic rings. The second-order valence-corrected chi connectivity index (χ2v) is 7.87. The minimum Gasteiger partial charge on any atom is -0.336 e. The van der Waals surface area contributed by atoms with Crippen molar-refractivity contribution in [1.29, 1.82) is 0 Å². The lowest BCUT2D eigenvalue weighted by Crippen LogP contribution is -2.37. The molecule has 0 aliphatic carbocycles. The van der Waals surface area contributed by atoms with Gasteiger partial charge in [-0.15, -0.1) is 12.4 Å². The standard InChI is InChI=1S/C18H22N4O3S.ClH/c1-2-17-16-12-15(13-20-18(16)25-21-17)26(23,24)22(11-9-19)10-8-14-6-4-3-5-7-14;/h3-7,12-13H,2,8-11,19H2,1H3;1H. The zero-order valence-electron chi connectivity index (χ0n) is 15.0. The number of nitrogens with two attached hydrogens (primary N) is 1. The van der Waals surface area contributed by atoms with E-state index in [4.69, 9.17) is 10.3 Å². The minimum atomic E-state index is -3.71. The number of nitrogens with zero attached hydrogens (tertiary/aromatic N) is 3. The monoisotopic (exact) mass is 410 g/mol. The van der Waals surface area contributed by atoms with Crippen LogP contribution in [-0.4, -0.2) is 42.5 Å². The highest BCUT2D eigenvalue weighted by Gasteiger charge is 2.25. The number of fused-ring (bicyclic) bond motifs is 1. The highest BCUT2D eigenvalue weighted by atomic mass is 35.5. The van der Waals surface area contributed by atoms with Crippen molar-refractivity contribution in [3.8, 4) is 0 Å². The number of sulfonamides is 1. The second kappa shape index (κ2) is 9.27. The van der Waals surface area contributed by atoms with Crippen molar-refractivity contribution < 1.29 is 12.9 Å². The fraction of sp³-hybridized carbons (Fsp3) is 0.333. The summed E-state index contributed by atoms with van der Waals surface area (Å²) >= 11 is 0. The molecule has 7 nitrogen and oxygen atoms in total. The molecule has 0 aliphatic rings. The SMILES string of the molecule is CCc1noc2ncc(S(=O)(=O)N(CCN)CCc3ccccc3)cc12.Cl. The highest BCUT2D eigenvalue weighted by molar-refractivity contribution is 7.89. The summed E-state index contributed by atoms with van der Waals surface area (Å²) in [6.07, 6.45) is 2.57. The van der Waals surface area contributed by atoms with Gasteiger partial charge in [0.1, 0.15) is 4.90 Å². The van der Waals surface area contributed by atoms with E-state index in [1.54, 1.807) is 6.07 Å². The van der Waals surface area contributed by atoms with Crippen LogP contribution in [-0.2, 0) is 22.9 Å². The quantitative estimate of drug-likeness (QED) is 0.611. The third-order valence-corrected chi connectivity index (χ3v) is 6.09. The Morgan fingerprint density at radius 1 is 1.19 bits per heavy atom. The van der Waals surface area contributed by atoms with E-state index in [-0.39, 0.29) is 30.4 Å². The first-order valence-electron chi connectivity index (χ1n) is 8.54. The van der Waals surface area contributed by atoms with Gasteiger partial charge in [-0.2, -0.15) is 4.31 Å². The zero-order valence-corrected chi connectivity index (χ0v) is 16.7. The predicted octanol–water partition coefficient (Wildman–Crippen LogP) is 2.40. The van der Waals surface area contributed by atoms with Crippen LogP contribution in [0.2, 0.25) is 0 Å². The van der Waals surface area contributed by atoms with E-state index in [0.717, 1.165) is 5.56 Å². The Labute approximate surface area is 165 Å². The molecular formula is C18H23ClN4O3S. The molecule has 27 heavy (non-hydrogen) atoms. The van der Waals surface area contributed by atoms with Gasteiger partial charge in [-0.3, -0.25) is 0 Å². The Balaban J connectivity index is 0.00000261. The maximum absolute atomic E-state index is 13.1. The van der Waals surface area contributed by atoms with Crippen molar-refractivity contribution >= 4 is 33.5 Å². The third kappa shape index (κ3) is 4.65. The number of aromatic nitrogens is 2. The van der Waals surface area contributed by atoms with Crippen LogP contribution in [0.4, 0.5) is 0 Å². The Kier molecular flexibility index (Phi) is 7.32. The van der Waals surface area contributed by atoms with E-state index in [1.165, 1.54) is 10.5 Å². The average Bonchev–Trinajstić information content (AvgIpc) is 3.08. The summed E-state index contributed by atoms with van der Waals surface area (Å²) < 4.78 is 32.7. The van der Waals surface area contributed by atoms with Crippen LogP contribution in [0.5, 0.6) is 0 Å². The van der Waals surface area contributed by atoms with Crippen molar-refractivity contribution in [2.75, 3.05) is 19.6 Å². The molecule has 2 heterocycles. The summed E-state index contributed by atoms with van der Waals surface area (Å²) in [6.45, 7) is 2.78. The maximum atomic E-state index is 13.1. The van der Waals surface area contributed by atoms with E-state index in [0.29, 0.717) is 36.2 Å². The Morgan fingerprint density at radius 2 is 1.93 bits per heavy atom. The molecule has 9 heteroatoms. The molecular weight excluding hydrogens is 388 g/mol. The van der Waals surface area contributed by atoms with Gasteiger partial charge in [0.15, 0.2) is 0 Å². The summed E-state index contributed by atoms with van der Waals surface area (Å²) in [5.41, 5.74) is 7.76. The lowest BCUT2D eigenvalue weighted by Gasteiger charge is -2.21. The second-order valence-electron chi connectivity index (χ2n) is 5.93. The zero-order chi connectivity index (χ0) is 18.6. The van der Waals surface area contributed by atoms with Crippen molar-refractivity contribution in [2.24, 2.45) is 5.73 Å². The van der Waals surface area contributed by atoms with Gasteiger partial charge in [0, 0.05) is 19.6 Å². The number of halogens is 1. The Bertz CT molecular complexity index is 977. The van der Waals surface area contributed by atoms with E-state index < -0.39 is 10.0 Å². The van der Waals surface area contributed by atoms with Gasteiger partial charge < -0.3 is 10.3 Å². The Morgan fingerprint density at radius 3 is 2.59 bits per heavy atom.